The number of anilines is 2. The first-order valence-corrected chi connectivity index (χ1v) is 11.3. The molecule has 1 N–H and O–H groups in total. The van der Waals surface area contributed by atoms with Crippen molar-refractivity contribution < 1.29 is 5.82 Å². The van der Waals surface area contributed by atoms with Crippen molar-refractivity contribution in [3.05, 3.63) is 46.9 Å². The van der Waals surface area contributed by atoms with Gasteiger partial charge in [-0.05, 0) is 54.9 Å². The highest BCUT2D eigenvalue weighted by Gasteiger charge is 2.49. The van der Waals surface area contributed by atoms with Gasteiger partial charge in [-0.3, -0.25) is 0 Å². The van der Waals surface area contributed by atoms with Gasteiger partial charge < -0.3 is 10.2 Å². The summed E-state index contributed by atoms with van der Waals surface area (Å²) in [7, 11) is 0. The average molecular weight is 424 g/mol. The van der Waals surface area contributed by atoms with Crippen LogP contribution in [0.15, 0.2) is 30.6 Å². The molecule has 5 nitrogen and oxygen atoms in total. The first-order valence-electron chi connectivity index (χ1n) is 10.5. The molecule has 5 rings (SSSR count). The van der Waals surface area contributed by atoms with Gasteiger partial charge in [-0.2, -0.15) is 5.26 Å². The second kappa shape index (κ2) is 7.51. The number of aryl methyl sites for hydroxylation is 1. The van der Waals surface area contributed by atoms with Gasteiger partial charge in [0.05, 0.1) is 23.6 Å². The van der Waals surface area contributed by atoms with E-state index in [-0.39, 0.29) is 19.1 Å². The van der Waals surface area contributed by atoms with Gasteiger partial charge in [0.15, 0.2) is 0 Å². The molecule has 1 saturated heterocycles. The summed E-state index contributed by atoms with van der Waals surface area (Å²) in [5.74, 6) is 0.785. The van der Waals surface area contributed by atoms with E-state index in [1.54, 1.807) is 23.7 Å². The molecular weight excluding hydrogens is 397 g/mol. The van der Waals surface area contributed by atoms with Crippen LogP contribution in [-0.2, 0) is 12.8 Å². The number of benzene rings is 1. The third kappa shape index (κ3) is 3.39. The van der Waals surface area contributed by atoms with Crippen molar-refractivity contribution in [2.24, 2.45) is 5.41 Å². The topological polar surface area (TPSA) is 64.8 Å². The molecule has 3 heterocycles. The summed E-state index contributed by atoms with van der Waals surface area (Å²) in [6, 6.07) is 9.64. The Morgan fingerprint density at radius 1 is 1.37 bits per heavy atom. The Morgan fingerprint density at radius 3 is 3.00 bits per heavy atom. The summed E-state index contributed by atoms with van der Waals surface area (Å²) in [6.07, 6.45) is 6.17. The van der Waals surface area contributed by atoms with Crippen molar-refractivity contribution >= 4 is 33.1 Å². The molecule has 0 unspecified atom stereocenters. The number of nitrogens with zero attached hydrogens (tertiary/aromatic N) is 4. The molecule has 2 aromatic heterocycles. The van der Waals surface area contributed by atoms with E-state index in [1.807, 2.05) is 6.07 Å². The third-order valence-electron chi connectivity index (χ3n) is 6.48. The largest absolute Gasteiger partial charge is 0.380 e. The van der Waals surface area contributed by atoms with Crippen LogP contribution in [0, 0.1) is 22.6 Å². The normalized spacial score (nSPS) is 23.0. The number of hydrogen-bond acceptors (Lipinski definition) is 6. The van der Waals surface area contributed by atoms with Crippen molar-refractivity contribution in [2.75, 3.05) is 23.3 Å². The summed E-state index contributed by atoms with van der Waals surface area (Å²) in [4.78, 5) is 13.9. The van der Waals surface area contributed by atoms with Crippen LogP contribution in [0.3, 0.4) is 0 Å². The Morgan fingerprint density at radius 2 is 2.23 bits per heavy atom. The lowest BCUT2D eigenvalue weighted by molar-refractivity contribution is 0.144. The monoisotopic (exact) mass is 423 g/mol. The molecule has 156 valence electrons. The Bertz CT molecular complexity index is 1130. The summed E-state index contributed by atoms with van der Waals surface area (Å²) in [5.41, 5.74) is 1.54. The summed E-state index contributed by atoms with van der Waals surface area (Å²) >= 11 is 1.76. The van der Waals surface area contributed by atoms with Crippen molar-refractivity contribution in [3.63, 3.8) is 0 Å². The first-order chi connectivity index (χ1) is 14.6. The molecule has 2 aliphatic rings. The molecule has 0 bridgehead atoms. The number of halogens is 1. The van der Waals surface area contributed by atoms with Crippen molar-refractivity contribution in [1.82, 2.24) is 9.97 Å². The molecule has 2 fully saturated rings. The van der Waals surface area contributed by atoms with Gasteiger partial charge in [-0.1, -0.05) is 13.0 Å². The van der Waals surface area contributed by atoms with E-state index in [1.165, 1.54) is 16.3 Å². The number of nitriles is 1. The predicted molar refractivity (Wildman–Crippen MR) is 121 cm³/mol. The fourth-order valence-corrected chi connectivity index (χ4v) is 5.88. The Hall–Kier alpha value is -2.72. The quantitative estimate of drug-likeness (QED) is 0.613. The smallest absolute Gasteiger partial charge is 0.146 e. The predicted octanol–water partition coefficient (Wildman–Crippen LogP) is 5.18. The number of fused-ring (bicyclic) bond motifs is 1. The minimum Gasteiger partial charge on any atom is -0.380 e. The van der Waals surface area contributed by atoms with Crippen LogP contribution in [0.25, 0.3) is 10.2 Å². The molecule has 0 atom stereocenters. The minimum absolute atomic E-state index is 0. The zero-order valence-corrected chi connectivity index (χ0v) is 17.8. The minimum atomic E-state index is -0.274. The van der Waals surface area contributed by atoms with Crippen molar-refractivity contribution in [3.8, 4) is 6.07 Å². The highest BCUT2D eigenvalue weighted by Crippen LogP contribution is 2.50. The van der Waals surface area contributed by atoms with Crippen LogP contribution in [0.1, 0.15) is 38.1 Å². The fourth-order valence-electron chi connectivity index (χ4n) is 4.95. The fraction of sp³-hybridized carbons (Fsp3) is 0.435. The van der Waals surface area contributed by atoms with E-state index >= 15 is 0 Å². The number of hydrogen-bond donors (Lipinski definition) is 1. The molecule has 1 aromatic carbocycles. The van der Waals surface area contributed by atoms with E-state index < -0.39 is 0 Å². The number of nitrogens with one attached hydrogen (secondary N) is 1. The van der Waals surface area contributed by atoms with Crippen molar-refractivity contribution in [2.45, 2.75) is 45.1 Å². The molecule has 3 aromatic rings. The van der Waals surface area contributed by atoms with Gasteiger partial charge in [0.1, 0.15) is 22.8 Å². The van der Waals surface area contributed by atoms with E-state index in [0.29, 0.717) is 17.3 Å². The van der Waals surface area contributed by atoms with Gasteiger partial charge in [-0.25, -0.2) is 14.4 Å². The second-order valence-corrected chi connectivity index (χ2v) is 9.67. The molecule has 1 saturated carbocycles. The lowest BCUT2D eigenvalue weighted by Gasteiger charge is -2.46. The molecule has 0 amide bonds. The van der Waals surface area contributed by atoms with Crippen molar-refractivity contribution in [1.29, 1.82) is 5.26 Å². The van der Waals surface area contributed by atoms with Crippen LogP contribution < -0.4 is 10.2 Å². The Balaban J connectivity index is 0.00000231. The standard InChI is InChI=1S/C23H24FN5S.H2/c1-2-17-10-18-21(26-14-27-22(18)30-17)29-8-6-23(13-29)11-16(12-23)28-20-4-3-15(5-7-25)9-19(20)24;/h3-4,9-10,14,16,28H,2,5-6,8,11-13H2,1H3;1H. The second-order valence-electron chi connectivity index (χ2n) is 8.55. The van der Waals surface area contributed by atoms with Crippen LogP contribution in [0.4, 0.5) is 15.9 Å². The summed E-state index contributed by atoms with van der Waals surface area (Å²) in [5, 5.41) is 13.3. The van der Waals surface area contributed by atoms with E-state index in [9.17, 15) is 4.39 Å². The highest BCUT2D eigenvalue weighted by molar-refractivity contribution is 7.18. The van der Waals surface area contributed by atoms with Crippen LogP contribution in [0.2, 0.25) is 0 Å². The maximum absolute atomic E-state index is 14.3. The lowest BCUT2D eigenvalue weighted by Crippen LogP contribution is -2.47. The number of aromatic nitrogens is 2. The molecule has 1 spiro atoms. The number of rotatable bonds is 5. The Labute approximate surface area is 181 Å². The average Bonchev–Trinajstić information content (AvgIpc) is 3.34. The first kappa shape index (κ1) is 19.3. The number of thiophene rings is 1. The van der Waals surface area contributed by atoms with E-state index in [4.69, 9.17) is 5.26 Å². The molecule has 0 radical (unpaired) electrons. The summed E-state index contributed by atoms with van der Waals surface area (Å²) in [6.45, 7) is 4.18. The third-order valence-corrected chi connectivity index (χ3v) is 7.67. The van der Waals surface area contributed by atoms with Crippen LogP contribution in [0.5, 0.6) is 0 Å². The molecule has 7 heteroatoms. The van der Waals surface area contributed by atoms with Gasteiger partial charge in [0.25, 0.3) is 0 Å². The van der Waals surface area contributed by atoms with Crippen LogP contribution >= 0.6 is 11.3 Å². The van der Waals surface area contributed by atoms with Crippen LogP contribution in [-0.4, -0.2) is 29.1 Å². The molecular formula is C23H26FN5S. The maximum Gasteiger partial charge on any atom is 0.146 e. The van der Waals surface area contributed by atoms with Gasteiger partial charge in [-0.15, -0.1) is 11.3 Å². The highest BCUT2D eigenvalue weighted by atomic mass is 32.1. The maximum atomic E-state index is 14.3. The van der Waals surface area contributed by atoms with E-state index in [2.05, 4.69) is 39.2 Å². The SMILES string of the molecule is CCc1cc2c(N3CCC4(CC(Nc5ccc(CC#N)cc5F)C4)C3)ncnc2s1.[HH]. The molecule has 1 aliphatic carbocycles. The zero-order chi connectivity index (χ0) is 20.7. The summed E-state index contributed by atoms with van der Waals surface area (Å²) < 4.78 is 14.3. The lowest BCUT2D eigenvalue weighted by atomic mass is 9.65. The Kier molecular flexibility index (Phi) is 4.82. The van der Waals surface area contributed by atoms with E-state index in [0.717, 1.165) is 49.4 Å². The van der Waals surface area contributed by atoms with Gasteiger partial charge in [0, 0.05) is 25.4 Å². The van der Waals surface area contributed by atoms with Gasteiger partial charge in [0.2, 0.25) is 0 Å². The molecule has 1 aliphatic heterocycles. The van der Waals surface area contributed by atoms with Gasteiger partial charge >= 0.3 is 0 Å². The zero-order valence-electron chi connectivity index (χ0n) is 17.0. The molecule has 30 heavy (non-hydrogen) atoms.